The summed E-state index contributed by atoms with van der Waals surface area (Å²) in [6.07, 6.45) is 0.987. The molecule has 4 heteroatoms. The third-order valence-electron chi connectivity index (χ3n) is 3.40. The number of nitrogens with zero attached hydrogens (tertiary/aromatic N) is 1. The number of aliphatic imine (C=N–C) groups is 1. The molecule has 0 aliphatic heterocycles. The number of rotatable bonds is 6. The van der Waals surface area contributed by atoms with E-state index in [1.165, 1.54) is 16.0 Å². The van der Waals surface area contributed by atoms with Crippen molar-refractivity contribution in [3.63, 3.8) is 0 Å². The van der Waals surface area contributed by atoms with Gasteiger partial charge in [-0.25, -0.2) is 0 Å². The van der Waals surface area contributed by atoms with Crippen molar-refractivity contribution in [2.45, 2.75) is 26.2 Å². The first-order valence-corrected chi connectivity index (χ1v) is 8.16. The molecule has 3 nitrogen and oxygen atoms in total. The molecule has 0 aliphatic carbocycles. The quantitative estimate of drug-likeness (QED) is 0.635. The van der Waals surface area contributed by atoms with Crippen LogP contribution in [0.4, 0.5) is 0 Å². The van der Waals surface area contributed by atoms with E-state index in [-0.39, 0.29) is 0 Å². The van der Waals surface area contributed by atoms with Crippen LogP contribution in [0.5, 0.6) is 0 Å². The Morgan fingerprint density at radius 1 is 1.33 bits per heavy atom. The van der Waals surface area contributed by atoms with Crippen LogP contribution in [-0.2, 0) is 6.42 Å². The summed E-state index contributed by atoms with van der Waals surface area (Å²) in [6.45, 7) is 5.83. The number of nitrogens with two attached hydrogens (primary N) is 1. The molecule has 0 aliphatic rings. The van der Waals surface area contributed by atoms with Crippen LogP contribution in [-0.4, -0.2) is 19.0 Å². The van der Waals surface area contributed by atoms with Gasteiger partial charge in [0.05, 0.1) is 0 Å². The molecule has 1 atom stereocenters. The molecule has 0 saturated carbocycles. The van der Waals surface area contributed by atoms with E-state index in [4.69, 9.17) is 5.73 Å². The number of benzene rings is 1. The van der Waals surface area contributed by atoms with Crippen molar-refractivity contribution in [2.75, 3.05) is 13.1 Å². The fraction of sp³-hybridized carbons (Fsp3) is 0.353. The van der Waals surface area contributed by atoms with Crippen molar-refractivity contribution in [2.24, 2.45) is 10.7 Å². The summed E-state index contributed by atoms with van der Waals surface area (Å²) in [4.78, 5) is 5.80. The highest BCUT2D eigenvalue weighted by Crippen LogP contribution is 2.16. The lowest BCUT2D eigenvalue weighted by atomic mass is 10.00. The highest BCUT2D eigenvalue weighted by atomic mass is 32.1. The molecule has 0 bridgehead atoms. The Hall–Kier alpha value is -1.81. The van der Waals surface area contributed by atoms with E-state index in [0.29, 0.717) is 18.4 Å². The third-order valence-corrected chi connectivity index (χ3v) is 4.34. The van der Waals surface area contributed by atoms with Gasteiger partial charge < -0.3 is 11.1 Å². The molecule has 0 radical (unpaired) electrons. The number of nitrogens with one attached hydrogen (secondary N) is 1. The molecule has 1 unspecified atom stereocenters. The molecule has 1 aromatic carbocycles. The number of guanidine groups is 1. The zero-order valence-corrected chi connectivity index (χ0v) is 13.5. The topological polar surface area (TPSA) is 50.4 Å². The molecule has 3 N–H and O–H groups in total. The van der Waals surface area contributed by atoms with Crippen LogP contribution >= 0.6 is 11.3 Å². The van der Waals surface area contributed by atoms with Crippen LogP contribution in [0.1, 0.15) is 28.8 Å². The first-order chi connectivity index (χ1) is 10.1. The molecular weight excluding hydrogens is 278 g/mol. The van der Waals surface area contributed by atoms with Crippen LogP contribution in [0.25, 0.3) is 0 Å². The maximum Gasteiger partial charge on any atom is 0.188 e. The highest BCUT2D eigenvalue weighted by molar-refractivity contribution is 7.09. The van der Waals surface area contributed by atoms with Gasteiger partial charge in [-0.15, -0.1) is 11.3 Å². The lowest BCUT2D eigenvalue weighted by molar-refractivity contribution is 0.762. The Labute approximate surface area is 130 Å². The summed E-state index contributed by atoms with van der Waals surface area (Å²) in [5, 5.41) is 5.27. The molecule has 2 aromatic rings. The van der Waals surface area contributed by atoms with Gasteiger partial charge >= 0.3 is 0 Å². The van der Waals surface area contributed by atoms with E-state index in [1.807, 2.05) is 0 Å². The van der Waals surface area contributed by atoms with E-state index in [2.05, 4.69) is 65.9 Å². The van der Waals surface area contributed by atoms with Crippen molar-refractivity contribution >= 4 is 17.3 Å². The minimum atomic E-state index is 0.377. The zero-order chi connectivity index (χ0) is 15.1. The number of hydrogen-bond donors (Lipinski definition) is 2. The van der Waals surface area contributed by atoms with Crippen molar-refractivity contribution in [1.29, 1.82) is 0 Å². The van der Waals surface area contributed by atoms with E-state index < -0.39 is 0 Å². The molecule has 0 fully saturated rings. The smallest absolute Gasteiger partial charge is 0.188 e. The molecule has 0 saturated heterocycles. The summed E-state index contributed by atoms with van der Waals surface area (Å²) in [6, 6.07) is 12.8. The average Bonchev–Trinajstić information content (AvgIpc) is 2.98. The summed E-state index contributed by atoms with van der Waals surface area (Å²) < 4.78 is 0. The molecule has 2 rings (SSSR count). The Morgan fingerprint density at radius 3 is 2.90 bits per heavy atom. The van der Waals surface area contributed by atoms with E-state index in [1.54, 1.807) is 11.3 Å². The van der Waals surface area contributed by atoms with Crippen LogP contribution < -0.4 is 11.1 Å². The van der Waals surface area contributed by atoms with Crippen LogP contribution in [0.15, 0.2) is 46.8 Å². The molecule has 0 spiro atoms. The van der Waals surface area contributed by atoms with Gasteiger partial charge in [0, 0.05) is 23.9 Å². The van der Waals surface area contributed by atoms with Crippen LogP contribution in [0.3, 0.4) is 0 Å². The second-order valence-corrected chi connectivity index (χ2v) is 6.33. The van der Waals surface area contributed by atoms with Crippen molar-refractivity contribution in [1.82, 2.24) is 5.32 Å². The lowest BCUT2D eigenvalue weighted by Crippen LogP contribution is -2.33. The molecule has 1 aromatic heterocycles. The lowest BCUT2D eigenvalue weighted by Gasteiger charge is -2.11. The first-order valence-electron chi connectivity index (χ1n) is 7.28. The van der Waals surface area contributed by atoms with Crippen LogP contribution in [0, 0.1) is 6.92 Å². The van der Waals surface area contributed by atoms with Gasteiger partial charge in [0.25, 0.3) is 0 Å². The maximum absolute atomic E-state index is 5.91. The van der Waals surface area contributed by atoms with E-state index >= 15 is 0 Å². The largest absolute Gasteiger partial charge is 0.370 e. The molecule has 21 heavy (non-hydrogen) atoms. The zero-order valence-electron chi connectivity index (χ0n) is 12.7. The second kappa shape index (κ2) is 7.84. The van der Waals surface area contributed by atoms with Crippen molar-refractivity contribution < 1.29 is 0 Å². The SMILES string of the molecule is Cc1cccc(C(C)CN=C(N)NCCc2cccs2)c1. The fourth-order valence-electron chi connectivity index (χ4n) is 2.14. The van der Waals surface area contributed by atoms with Gasteiger partial charge in [-0.2, -0.15) is 0 Å². The van der Waals surface area contributed by atoms with Gasteiger partial charge in [0.1, 0.15) is 0 Å². The summed E-state index contributed by atoms with van der Waals surface area (Å²) in [5.41, 5.74) is 8.50. The Bertz CT molecular complexity index is 575. The average molecular weight is 301 g/mol. The Morgan fingerprint density at radius 2 is 2.19 bits per heavy atom. The Balaban J connectivity index is 1.77. The van der Waals surface area contributed by atoms with Gasteiger partial charge in [0.2, 0.25) is 0 Å². The predicted molar refractivity (Wildman–Crippen MR) is 92.1 cm³/mol. The molecular formula is C17H23N3S. The minimum absolute atomic E-state index is 0.377. The summed E-state index contributed by atoms with van der Waals surface area (Å²) in [7, 11) is 0. The Kier molecular flexibility index (Phi) is 5.81. The van der Waals surface area contributed by atoms with Gasteiger partial charge in [-0.3, -0.25) is 4.99 Å². The van der Waals surface area contributed by atoms with Gasteiger partial charge in [0.15, 0.2) is 5.96 Å². The number of thiophene rings is 1. The number of aryl methyl sites for hydroxylation is 1. The van der Waals surface area contributed by atoms with Crippen molar-refractivity contribution in [3.8, 4) is 0 Å². The first kappa shape index (κ1) is 15.6. The monoisotopic (exact) mass is 301 g/mol. The third kappa shape index (κ3) is 5.23. The summed E-state index contributed by atoms with van der Waals surface area (Å²) in [5.74, 6) is 0.911. The predicted octanol–water partition coefficient (Wildman–Crippen LogP) is 3.31. The minimum Gasteiger partial charge on any atom is -0.370 e. The van der Waals surface area contributed by atoms with Gasteiger partial charge in [-0.1, -0.05) is 42.8 Å². The molecule has 1 heterocycles. The number of hydrogen-bond acceptors (Lipinski definition) is 2. The van der Waals surface area contributed by atoms with Crippen LogP contribution in [0.2, 0.25) is 0 Å². The fourth-order valence-corrected chi connectivity index (χ4v) is 2.85. The van der Waals surface area contributed by atoms with E-state index in [0.717, 1.165) is 13.0 Å². The summed E-state index contributed by atoms with van der Waals surface area (Å²) >= 11 is 1.77. The van der Waals surface area contributed by atoms with Crippen molar-refractivity contribution in [3.05, 3.63) is 57.8 Å². The van der Waals surface area contributed by atoms with Gasteiger partial charge in [-0.05, 0) is 30.4 Å². The standard InChI is InChI=1S/C17H23N3S/c1-13-5-3-6-15(11-13)14(2)12-20-17(18)19-9-8-16-7-4-10-21-16/h3-7,10-11,14H,8-9,12H2,1-2H3,(H3,18,19,20). The highest BCUT2D eigenvalue weighted by Gasteiger charge is 2.05. The second-order valence-electron chi connectivity index (χ2n) is 5.30. The maximum atomic E-state index is 5.91. The normalized spacial score (nSPS) is 13.1. The molecule has 0 amide bonds. The molecule has 112 valence electrons. The van der Waals surface area contributed by atoms with E-state index in [9.17, 15) is 0 Å².